The third-order valence-corrected chi connectivity index (χ3v) is 4.26. The zero-order chi connectivity index (χ0) is 12.2. The fourth-order valence-corrected chi connectivity index (χ4v) is 2.39. The van der Waals surface area contributed by atoms with Gasteiger partial charge in [-0.3, -0.25) is 0 Å². The second-order valence-electron chi connectivity index (χ2n) is 5.68. The summed E-state index contributed by atoms with van der Waals surface area (Å²) in [6.45, 7) is 6.52. The van der Waals surface area contributed by atoms with Gasteiger partial charge in [-0.1, -0.05) is 0 Å². The first-order chi connectivity index (χ1) is 7.48. The van der Waals surface area contributed by atoms with Gasteiger partial charge in [0, 0.05) is 24.8 Å². The van der Waals surface area contributed by atoms with Crippen LogP contribution < -0.4 is 5.32 Å². The first-order valence-corrected chi connectivity index (χ1v) is 6.41. The van der Waals surface area contributed by atoms with Crippen LogP contribution in [0.2, 0.25) is 0 Å². The molecule has 0 spiro atoms. The lowest BCUT2D eigenvalue weighted by Gasteiger charge is -2.42. The minimum absolute atomic E-state index is 0.201. The number of ether oxygens (including phenoxy) is 1. The summed E-state index contributed by atoms with van der Waals surface area (Å²) in [5.41, 5.74) is 0.201. The largest absolute Gasteiger partial charge is 0.381 e. The summed E-state index contributed by atoms with van der Waals surface area (Å²) < 4.78 is 5.42. The quantitative estimate of drug-likeness (QED) is 0.775. The van der Waals surface area contributed by atoms with Gasteiger partial charge in [0.25, 0.3) is 0 Å². The van der Waals surface area contributed by atoms with Gasteiger partial charge >= 0.3 is 0 Å². The van der Waals surface area contributed by atoms with Crippen molar-refractivity contribution >= 4 is 0 Å². The van der Waals surface area contributed by atoms with Gasteiger partial charge in [-0.25, -0.2) is 0 Å². The number of rotatable bonds is 5. The molecular weight excluding hydrogens is 200 g/mol. The molecule has 1 N–H and O–H groups in total. The highest BCUT2D eigenvalue weighted by Crippen LogP contribution is 2.26. The molecule has 1 aliphatic rings. The SMILES string of the molecule is CNC(CC1CCOCC1)C(C)(C)N(C)C. The maximum atomic E-state index is 5.42. The number of hydrogen-bond acceptors (Lipinski definition) is 3. The van der Waals surface area contributed by atoms with E-state index in [0.717, 1.165) is 19.1 Å². The van der Waals surface area contributed by atoms with E-state index in [0.29, 0.717) is 6.04 Å². The van der Waals surface area contributed by atoms with Crippen LogP contribution in [0, 0.1) is 5.92 Å². The normalized spacial score (nSPS) is 21.4. The summed E-state index contributed by atoms with van der Waals surface area (Å²) in [5.74, 6) is 0.824. The van der Waals surface area contributed by atoms with Crippen LogP contribution in [0.15, 0.2) is 0 Å². The van der Waals surface area contributed by atoms with Gasteiger partial charge < -0.3 is 15.0 Å². The third-order valence-electron chi connectivity index (χ3n) is 4.26. The predicted molar refractivity (Wildman–Crippen MR) is 68.8 cm³/mol. The van der Waals surface area contributed by atoms with E-state index in [-0.39, 0.29) is 5.54 Å². The van der Waals surface area contributed by atoms with Gasteiger partial charge in [0.05, 0.1) is 0 Å². The van der Waals surface area contributed by atoms with Crippen molar-refractivity contribution in [3.63, 3.8) is 0 Å². The van der Waals surface area contributed by atoms with Crippen LogP contribution >= 0.6 is 0 Å². The van der Waals surface area contributed by atoms with Crippen LogP contribution in [0.3, 0.4) is 0 Å². The Bertz CT molecular complexity index is 198. The summed E-state index contributed by atoms with van der Waals surface area (Å²) in [5, 5.41) is 3.49. The highest BCUT2D eigenvalue weighted by molar-refractivity contribution is 4.92. The maximum Gasteiger partial charge on any atom is 0.0468 e. The predicted octanol–water partition coefficient (Wildman–Crippen LogP) is 1.73. The molecule has 1 atom stereocenters. The summed E-state index contributed by atoms with van der Waals surface area (Å²) in [7, 11) is 6.40. The van der Waals surface area contributed by atoms with E-state index >= 15 is 0 Å². The van der Waals surface area contributed by atoms with E-state index in [9.17, 15) is 0 Å². The van der Waals surface area contributed by atoms with Crippen LogP contribution in [0.1, 0.15) is 33.1 Å². The third kappa shape index (κ3) is 3.44. The molecule has 1 aliphatic heterocycles. The lowest BCUT2D eigenvalue weighted by Crippen LogP contribution is -2.55. The first kappa shape index (κ1) is 13.9. The Kier molecular flexibility index (Phi) is 5.22. The monoisotopic (exact) mass is 228 g/mol. The summed E-state index contributed by atoms with van der Waals surface area (Å²) in [6, 6.07) is 0.547. The van der Waals surface area contributed by atoms with Gasteiger partial charge in [-0.05, 0) is 60.2 Å². The molecule has 0 aromatic heterocycles. The number of likely N-dealkylation sites (N-methyl/N-ethyl adjacent to an activating group) is 2. The molecular formula is C13H28N2O. The van der Waals surface area contributed by atoms with Crippen LogP contribution in [-0.4, -0.2) is 50.8 Å². The number of nitrogens with zero attached hydrogens (tertiary/aromatic N) is 1. The second-order valence-corrected chi connectivity index (χ2v) is 5.68. The molecule has 0 radical (unpaired) electrons. The lowest BCUT2D eigenvalue weighted by molar-refractivity contribution is 0.0485. The Labute approximate surface area is 101 Å². The molecule has 1 unspecified atom stereocenters. The zero-order valence-electron chi connectivity index (χ0n) is 11.5. The Morgan fingerprint density at radius 2 is 1.88 bits per heavy atom. The molecule has 0 aromatic carbocycles. The van der Waals surface area contributed by atoms with Crippen LogP contribution in [-0.2, 0) is 4.74 Å². The standard InChI is InChI=1S/C13H28N2O/c1-13(2,15(4)5)12(14-3)10-11-6-8-16-9-7-11/h11-12,14H,6-10H2,1-5H3. The highest BCUT2D eigenvalue weighted by atomic mass is 16.5. The smallest absolute Gasteiger partial charge is 0.0468 e. The molecule has 96 valence electrons. The van der Waals surface area contributed by atoms with Crippen molar-refractivity contribution in [1.29, 1.82) is 0 Å². The van der Waals surface area contributed by atoms with Gasteiger partial charge in [0.2, 0.25) is 0 Å². The van der Waals surface area contributed by atoms with E-state index in [1.54, 1.807) is 0 Å². The molecule has 1 heterocycles. The van der Waals surface area contributed by atoms with Crippen molar-refractivity contribution < 1.29 is 4.74 Å². The van der Waals surface area contributed by atoms with Crippen LogP contribution in [0.5, 0.6) is 0 Å². The Hall–Kier alpha value is -0.120. The molecule has 0 amide bonds. The molecule has 16 heavy (non-hydrogen) atoms. The molecule has 0 bridgehead atoms. The fourth-order valence-electron chi connectivity index (χ4n) is 2.39. The number of nitrogens with one attached hydrogen (secondary N) is 1. The average molecular weight is 228 g/mol. The minimum atomic E-state index is 0.201. The van der Waals surface area contributed by atoms with Crippen molar-refractivity contribution in [2.45, 2.75) is 44.7 Å². The van der Waals surface area contributed by atoms with Gasteiger partial charge in [-0.2, -0.15) is 0 Å². The van der Waals surface area contributed by atoms with Crippen molar-refractivity contribution in [3.05, 3.63) is 0 Å². The summed E-state index contributed by atoms with van der Waals surface area (Å²) >= 11 is 0. The van der Waals surface area contributed by atoms with E-state index in [1.807, 2.05) is 0 Å². The molecule has 1 fully saturated rings. The van der Waals surface area contributed by atoms with Crippen molar-refractivity contribution in [3.8, 4) is 0 Å². The lowest BCUT2D eigenvalue weighted by atomic mass is 9.83. The Balaban J connectivity index is 2.53. The van der Waals surface area contributed by atoms with E-state index in [4.69, 9.17) is 4.74 Å². The Morgan fingerprint density at radius 3 is 2.31 bits per heavy atom. The molecule has 3 heteroatoms. The van der Waals surface area contributed by atoms with Crippen molar-refractivity contribution in [2.24, 2.45) is 5.92 Å². The van der Waals surface area contributed by atoms with Gasteiger partial charge in [-0.15, -0.1) is 0 Å². The van der Waals surface area contributed by atoms with E-state index in [2.05, 4.69) is 45.2 Å². The summed E-state index contributed by atoms with van der Waals surface area (Å²) in [4.78, 5) is 2.31. The Morgan fingerprint density at radius 1 is 1.31 bits per heavy atom. The maximum absolute atomic E-state index is 5.42. The fraction of sp³-hybridized carbons (Fsp3) is 1.00. The van der Waals surface area contributed by atoms with Crippen molar-refractivity contribution in [2.75, 3.05) is 34.4 Å². The van der Waals surface area contributed by atoms with Crippen molar-refractivity contribution in [1.82, 2.24) is 10.2 Å². The van der Waals surface area contributed by atoms with Gasteiger partial charge in [0.1, 0.15) is 0 Å². The molecule has 0 aromatic rings. The second kappa shape index (κ2) is 5.99. The van der Waals surface area contributed by atoms with Crippen LogP contribution in [0.25, 0.3) is 0 Å². The molecule has 0 aliphatic carbocycles. The van der Waals surface area contributed by atoms with E-state index < -0.39 is 0 Å². The number of hydrogen-bond donors (Lipinski definition) is 1. The van der Waals surface area contributed by atoms with E-state index in [1.165, 1.54) is 19.3 Å². The molecule has 3 nitrogen and oxygen atoms in total. The zero-order valence-corrected chi connectivity index (χ0v) is 11.5. The average Bonchev–Trinajstić information content (AvgIpc) is 2.26. The molecule has 0 saturated carbocycles. The van der Waals surface area contributed by atoms with Crippen LogP contribution in [0.4, 0.5) is 0 Å². The minimum Gasteiger partial charge on any atom is -0.381 e. The van der Waals surface area contributed by atoms with Gasteiger partial charge in [0.15, 0.2) is 0 Å². The topological polar surface area (TPSA) is 24.5 Å². The molecule has 1 saturated heterocycles. The molecule has 1 rings (SSSR count). The highest BCUT2D eigenvalue weighted by Gasteiger charge is 2.32. The first-order valence-electron chi connectivity index (χ1n) is 6.41. The summed E-state index contributed by atoms with van der Waals surface area (Å²) in [6.07, 6.45) is 3.70.